The van der Waals surface area contributed by atoms with Crippen molar-refractivity contribution in [2.24, 2.45) is 5.73 Å². The number of primary amides is 1. The van der Waals surface area contributed by atoms with Crippen LogP contribution in [0.2, 0.25) is 0 Å². The van der Waals surface area contributed by atoms with Crippen LogP contribution in [-0.2, 0) is 17.7 Å². The molecule has 0 aliphatic carbocycles. The van der Waals surface area contributed by atoms with E-state index < -0.39 is 11.6 Å². The Hall–Kier alpha value is -3.81. The van der Waals surface area contributed by atoms with Crippen LogP contribution in [0.15, 0.2) is 42.5 Å². The first-order chi connectivity index (χ1) is 16.9. The van der Waals surface area contributed by atoms with Crippen molar-refractivity contribution in [3.05, 3.63) is 64.8 Å². The number of fused-ring (bicyclic) bond motifs is 1. The first-order valence-corrected chi connectivity index (χ1v) is 12.3. The Morgan fingerprint density at radius 3 is 2.42 bits per heavy atom. The van der Waals surface area contributed by atoms with Gasteiger partial charge in [0, 0.05) is 29.8 Å². The second-order valence-electron chi connectivity index (χ2n) is 10.6. The summed E-state index contributed by atoms with van der Waals surface area (Å²) in [4.78, 5) is 26.0. The number of nitrogens with two attached hydrogens (primary N) is 1. The van der Waals surface area contributed by atoms with Crippen molar-refractivity contribution in [1.82, 2.24) is 14.7 Å². The highest BCUT2D eigenvalue weighted by Crippen LogP contribution is 2.37. The molecule has 1 aliphatic rings. The monoisotopic (exact) mass is 489 g/mol. The van der Waals surface area contributed by atoms with Crippen molar-refractivity contribution in [3.8, 4) is 16.9 Å². The number of aromatic nitrogens is 2. The molecule has 0 saturated carbocycles. The number of hydrogen-bond donors (Lipinski definition) is 2. The van der Waals surface area contributed by atoms with Crippen molar-refractivity contribution in [1.29, 1.82) is 0 Å². The number of nitrogens with zero attached hydrogens (tertiary/aromatic N) is 3. The highest BCUT2D eigenvalue weighted by atomic mass is 16.6. The molecule has 1 aromatic heterocycles. The van der Waals surface area contributed by atoms with Crippen LogP contribution >= 0.6 is 0 Å². The molecule has 36 heavy (non-hydrogen) atoms. The standard InChI is InChI=1S/C28H35N5O3/c1-17(2)21-9-7-8-18(3)24(21)33-25(19-10-12-20(13-11-19)30-26(29)34)22-16-32(15-14-23(22)31-33)27(35)36-28(4,5)6/h7-13,17H,14-16H2,1-6H3,(H3,29,30,34). The average molecular weight is 490 g/mol. The summed E-state index contributed by atoms with van der Waals surface area (Å²) in [6.45, 7) is 13.0. The second-order valence-corrected chi connectivity index (χ2v) is 10.6. The van der Waals surface area contributed by atoms with Gasteiger partial charge in [-0.05, 0) is 56.9 Å². The largest absolute Gasteiger partial charge is 0.444 e. The van der Waals surface area contributed by atoms with Crippen LogP contribution in [0.25, 0.3) is 16.9 Å². The van der Waals surface area contributed by atoms with Crippen molar-refractivity contribution in [3.63, 3.8) is 0 Å². The van der Waals surface area contributed by atoms with Crippen LogP contribution < -0.4 is 11.1 Å². The van der Waals surface area contributed by atoms with Gasteiger partial charge in [0.25, 0.3) is 0 Å². The molecule has 0 fully saturated rings. The van der Waals surface area contributed by atoms with E-state index in [1.807, 2.05) is 49.7 Å². The molecule has 4 rings (SSSR count). The fourth-order valence-corrected chi connectivity index (χ4v) is 4.60. The highest BCUT2D eigenvalue weighted by Gasteiger charge is 2.31. The topological polar surface area (TPSA) is 102 Å². The van der Waals surface area contributed by atoms with Crippen molar-refractivity contribution in [2.75, 3.05) is 11.9 Å². The number of amides is 3. The predicted octanol–water partition coefficient (Wildman–Crippen LogP) is 5.75. The van der Waals surface area contributed by atoms with Crippen LogP contribution in [0.1, 0.15) is 62.9 Å². The molecule has 2 aromatic carbocycles. The average Bonchev–Trinajstić information content (AvgIpc) is 3.16. The van der Waals surface area contributed by atoms with Crippen LogP contribution in [-0.4, -0.2) is 39.0 Å². The molecule has 0 bridgehead atoms. The van der Waals surface area contributed by atoms with Crippen molar-refractivity contribution in [2.45, 2.75) is 66.0 Å². The third kappa shape index (κ3) is 5.22. The third-order valence-electron chi connectivity index (χ3n) is 6.21. The summed E-state index contributed by atoms with van der Waals surface area (Å²) in [6.07, 6.45) is 0.310. The molecule has 0 spiro atoms. The number of rotatable bonds is 4. The zero-order valence-electron chi connectivity index (χ0n) is 21.9. The fourth-order valence-electron chi connectivity index (χ4n) is 4.60. The first kappa shape index (κ1) is 25.3. The van der Waals surface area contributed by atoms with Crippen LogP contribution in [0.3, 0.4) is 0 Å². The molecule has 190 valence electrons. The Balaban J connectivity index is 1.86. The Morgan fingerprint density at radius 2 is 1.81 bits per heavy atom. The number of nitrogens with one attached hydrogen (secondary N) is 1. The van der Waals surface area contributed by atoms with Gasteiger partial charge in [0.15, 0.2) is 0 Å². The lowest BCUT2D eigenvalue weighted by molar-refractivity contribution is 0.0224. The van der Waals surface area contributed by atoms with Gasteiger partial charge in [0.05, 0.1) is 23.6 Å². The number of anilines is 1. The lowest BCUT2D eigenvalue weighted by atomic mass is 9.97. The van der Waals surface area contributed by atoms with E-state index in [2.05, 4.69) is 44.3 Å². The lowest BCUT2D eigenvalue weighted by Gasteiger charge is -2.30. The van der Waals surface area contributed by atoms with Crippen LogP contribution in [0, 0.1) is 6.92 Å². The van der Waals surface area contributed by atoms with Gasteiger partial charge >= 0.3 is 12.1 Å². The summed E-state index contributed by atoms with van der Waals surface area (Å²) in [6, 6.07) is 13.2. The SMILES string of the molecule is Cc1cccc(C(C)C)c1-n1nc2c(c1-c1ccc(NC(N)=O)cc1)CN(C(=O)OC(C)(C)C)CC2. The number of urea groups is 1. The number of benzene rings is 2. The molecule has 2 heterocycles. The van der Waals surface area contributed by atoms with E-state index in [0.717, 1.165) is 33.8 Å². The van der Waals surface area contributed by atoms with Gasteiger partial charge in [0.1, 0.15) is 5.60 Å². The minimum Gasteiger partial charge on any atom is -0.444 e. The van der Waals surface area contributed by atoms with Crippen molar-refractivity contribution < 1.29 is 14.3 Å². The van der Waals surface area contributed by atoms with Crippen LogP contribution in [0.5, 0.6) is 0 Å². The molecular weight excluding hydrogens is 454 g/mol. The summed E-state index contributed by atoms with van der Waals surface area (Å²) < 4.78 is 7.69. The Bertz CT molecular complexity index is 1290. The number of hydrogen-bond acceptors (Lipinski definition) is 4. The molecule has 0 atom stereocenters. The highest BCUT2D eigenvalue weighted by molar-refractivity contribution is 5.88. The maximum Gasteiger partial charge on any atom is 0.410 e. The Labute approximate surface area is 212 Å². The smallest absolute Gasteiger partial charge is 0.410 e. The second kappa shape index (κ2) is 9.68. The molecule has 8 nitrogen and oxygen atoms in total. The molecule has 0 unspecified atom stereocenters. The summed E-state index contributed by atoms with van der Waals surface area (Å²) in [5, 5.41) is 7.70. The molecule has 3 N–H and O–H groups in total. The van der Waals surface area contributed by atoms with Crippen LogP contribution in [0.4, 0.5) is 15.3 Å². The van der Waals surface area contributed by atoms with E-state index in [0.29, 0.717) is 31.1 Å². The summed E-state index contributed by atoms with van der Waals surface area (Å²) in [7, 11) is 0. The molecule has 8 heteroatoms. The van der Waals surface area contributed by atoms with Gasteiger partial charge in [0.2, 0.25) is 0 Å². The lowest BCUT2D eigenvalue weighted by Crippen LogP contribution is -2.39. The minimum atomic E-state index is -0.611. The quantitative estimate of drug-likeness (QED) is 0.487. The fraction of sp³-hybridized carbons (Fsp3) is 0.393. The zero-order chi connectivity index (χ0) is 26.2. The van der Waals surface area contributed by atoms with Gasteiger partial charge in [-0.1, -0.05) is 44.2 Å². The van der Waals surface area contributed by atoms with E-state index in [1.165, 1.54) is 5.56 Å². The van der Waals surface area contributed by atoms with E-state index >= 15 is 0 Å². The summed E-state index contributed by atoms with van der Waals surface area (Å²) in [5.41, 5.74) is 12.5. The molecule has 0 saturated heterocycles. The van der Waals surface area contributed by atoms with Crippen molar-refractivity contribution >= 4 is 17.8 Å². The molecule has 0 radical (unpaired) electrons. The predicted molar refractivity (Wildman–Crippen MR) is 141 cm³/mol. The summed E-state index contributed by atoms with van der Waals surface area (Å²) >= 11 is 0. The Morgan fingerprint density at radius 1 is 1.11 bits per heavy atom. The van der Waals surface area contributed by atoms with Gasteiger partial charge in [-0.3, -0.25) is 0 Å². The van der Waals surface area contributed by atoms with E-state index in [4.69, 9.17) is 15.6 Å². The van der Waals surface area contributed by atoms with Gasteiger partial charge in [-0.25, -0.2) is 14.3 Å². The van der Waals surface area contributed by atoms with Gasteiger partial charge < -0.3 is 20.7 Å². The minimum absolute atomic E-state index is 0.300. The maximum absolute atomic E-state index is 12.9. The van der Waals surface area contributed by atoms with E-state index in [1.54, 1.807) is 4.90 Å². The number of carbonyl (C=O) groups is 2. The molecular formula is C28H35N5O3. The molecule has 3 aromatic rings. The van der Waals surface area contributed by atoms with E-state index in [-0.39, 0.29) is 6.09 Å². The van der Waals surface area contributed by atoms with Gasteiger partial charge in [-0.2, -0.15) is 5.10 Å². The number of para-hydroxylation sites is 1. The summed E-state index contributed by atoms with van der Waals surface area (Å²) in [5.74, 6) is 0.300. The zero-order valence-corrected chi connectivity index (χ0v) is 21.9. The van der Waals surface area contributed by atoms with E-state index in [9.17, 15) is 9.59 Å². The maximum atomic E-state index is 12.9. The Kier molecular flexibility index (Phi) is 6.80. The number of carbonyl (C=O) groups excluding carboxylic acids is 2. The number of ether oxygens (including phenoxy) is 1. The normalized spacial score (nSPS) is 13.5. The molecule has 1 aliphatic heterocycles. The van der Waals surface area contributed by atoms with Gasteiger partial charge in [-0.15, -0.1) is 0 Å². The first-order valence-electron chi connectivity index (χ1n) is 12.3. The third-order valence-corrected chi connectivity index (χ3v) is 6.21. The number of aryl methyl sites for hydroxylation is 1. The molecule has 3 amide bonds.